The molecule has 0 fully saturated rings. The van der Waals surface area contributed by atoms with Crippen molar-refractivity contribution in [1.29, 1.82) is 0 Å². The van der Waals surface area contributed by atoms with E-state index in [1.807, 2.05) is 0 Å². The first-order chi connectivity index (χ1) is 11.7. The van der Waals surface area contributed by atoms with Crippen molar-refractivity contribution in [1.82, 2.24) is 9.62 Å². The van der Waals surface area contributed by atoms with E-state index >= 15 is 0 Å². The van der Waals surface area contributed by atoms with Crippen LogP contribution in [0.5, 0.6) is 5.75 Å². The van der Waals surface area contributed by atoms with Crippen LogP contribution in [-0.4, -0.2) is 57.2 Å². The Morgan fingerprint density at radius 2 is 1.96 bits per heavy atom. The van der Waals surface area contributed by atoms with Crippen molar-refractivity contribution >= 4 is 16.0 Å². The third-order valence-electron chi connectivity index (χ3n) is 4.06. The molecule has 0 aliphatic carbocycles. The summed E-state index contributed by atoms with van der Waals surface area (Å²) in [5, 5.41) is 9.07. The summed E-state index contributed by atoms with van der Waals surface area (Å²) in [4.78, 5) is 13.2. The van der Waals surface area contributed by atoms with Gasteiger partial charge in [0.2, 0.25) is 10.0 Å². The molecule has 0 bridgehead atoms. The number of aromatic carboxylic acids is 1. The Labute approximate surface area is 150 Å². The molecule has 0 unspecified atom stereocenters. The zero-order valence-electron chi connectivity index (χ0n) is 15.3. The molecule has 0 aromatic heterocycles. The lowest BCUT2D eigenvalue weighted by Crippen LogP contribution is -2.34. The van der Waals surface area contributed by atoms with Crippen molar-refractivity contribution in [3.63, 3.8) is 0 Å². The quantitative estimate of drug-likeness (QED) is 0.618. The number of hydrogen-bond donors (Lipinski definition) is 2. The molecule has 0 spiro atoms. The van der Waals surface area contributed by atoms with Crippen molar-refractivity contribution in [2.75, 3.05) is 26.7 Å². The van der Waals surface area contributed by atoms with Crippen LogP contribution in [0.3, 0.4) is 0 Å². The highest BCUT2D eigenvalue weighted by Gasteiger charge is 2.23. The fourth-order valence-electron chi connectivity index (χ4n) is 2.57. The molecular weight excluding hydrogens is 344 g/mol. The highest BCUT2D eigenvalue weighted by Crippen LogP contribution is 2.25. The molecule has 0 radical (unpaired) electrons. The standard InChI is InChI=1S/C17H28N2O5S/c1-5-19(6-2)11-7-8-13(3)18-25(22,23)16-12-14(17(20)21)9-10-15(16)24-4/h9-10,12-13,18H,5-8,11H2,1-4H3,(H,20,21)/t13-/m1/s1. The number of nitrogens with zero attached hydrogens (tertiary/aromatic N) is 1. The highest BCUT2D eigenvalue weighted by molar-refractivity contribution is 7.89. The summed E-state index contributed by atoms with van der Waals surface area (Å²) in [6.07, 6.45) is 1.56. The van der Waals surface area contributed by atoms with E-state index < -0.39 is 16.0 Å². The summed E-state index contributed by atoms with van der Waals surface area (Å²) in [6, 6.07) is 3.52. The normalized spacial score (nSPS) is 13.0. The molecule has 7 nitrogen and oxygen atoms in total. The molecule has 1 aromatic rings. The van der Waals surface area contributed by atoms with Crippen LogP contribution in [0.15, 0.2) is 23.1 Å². The van der Waals surface area contributed by atoms with Crippen LogP contribution in [0.2, 0.25) is 0 Å². The number of nitrogens with one attached hydrogen (secondary N) is 1. The molecule has 0 saturated carbocycles. The number of sulfonamides is 1. The third kappa shape index (κ3) is 6.30. The van der Waals surface area contributed by atoms with E-state index in [-0.39, 0.29) is 22.3 Å². The Kier molecular flexibility index (Phi) is 8.34. The average Bonchev–Trinajstić information content (AvgIpc) is 2.57. The van der Waals surface area contributed by atoms with Crippen molar-refractivity contribution in [2.45, 2.75) is 44.6 Å². The predicted molar refractivity (Wildman–Crippen MR) is 96.8 cm³/mol. The van der Waals surface area contributed by atoms with Crippen LogP contribution in [-0.2, 0) is 10.0 Å². The van der Waals surface area contributed by atoms with E-state index in [2.05, 4.69) is 23.5 Å². The molecule has 1 atom stereocenters. The Balaban J connectivity index is 2.83. The fraction of sp³-hybridized carbons (Fsp3) is 0.588. The lowest BCUT2D eigenvalue weighted by atomic mass is 10.2. The van der Waals surface area contributed by atoms with Gasteiger partial charge in [-0.1, -0.05) is 13.8 Å². The summed E-state index contributed by atoms with van der Waals surface area (Å²) in [7, 11) is -2.52. The summed E-state index contributed by atoms with van der Waals surface area (Å²) in [5.41, 5.74) is -0.102. The number of carbonyl (C=O) groups is 1. The van der Waals surface area contributed by atoms with E-state index in [9.17, 15) is 13.2 Å². The van der Waals surface area contributed by atoms with Gasteiger partial charge in [-0.2, -0.15) is 0 Å². The first kappa shape index (κ1) is 21.4. The second-order valence-electron chi connectivity index (χ2n) is 5.86. The molecule has 142 valence electrons. The van der Waals surface area contributed by atoms with Crippen LogP contribution in [0.4, 0.5) is 0 Å². The van der Waals surface area contributed by atoms with Gasteiger partial charge in [0, 0.05) is 6.04 Å². The summed E-state index contributed by atoms with van der Waals surface area (Å²) in [5.74, 6) is -1.07. The Bertz CT molecular complexity index is 672. The molecule has 1 aromatic carbocycles. The summed E-state index contributed by atoms with van der Waals surface area (Å²) < 4.78 is 32.9. The van der Waals surface area contributed by atoms with E-state index in [0.29, 0.717) is 6.42 Å². The zero-order chi connectivity index (χ0) is 19.0. The van der Waals surface area contributed by atoms with Gasteiger partial charge in [-0.15, -0.1) is 0 Å². The lowest BCUT2D eigenvalue weighted by molar-refractivity contribution is 0.0696. The minimum atomic E-state index is -3.87. The predicted octanol–water partition coefficient (Wildman–Crippen LogP) is 2.18. The number of carboxylic acid groups (broad SMARTS) is 1. The number of methoxy groups -OCH3 is 1. The first-order valence-corrected chi connectivity index (χ1v) is 9.89. The molecule has 0 heterocycles. The SMILES string of the molecule is CCN(CC)CCC[C@@H](C)NS(=O)(=O)c1cc(C(=O)O)ccc1OC. The van der Waals surface area contributed by atoms with Crippen LogP contribution in [0.25, 0.3) is 0 Å². The number of benzene rings is 1. The smallest absolute Gasteiger partial charge is 0.335 e. The molecule has 0 amide bonds. The molecule has 8 heteroatoms. The van der Waals surface area contributed by atoms with Gasteiger partial charge in [-0.3, -0.25) is 0 Å². The van der Waals surface area contributed by atoms with Gasteiger partial charge >= 0.3 is 5.97 Å². The van der Waals surface area contributed by atoms with Crippen LogP contribution < -0.4 is 9.46 Å². The molecular formula is C17H28N2O5S. The van der Waals surface area contributed by atoms with Crippen LogP contribution in [0.1, 0.15) is 44.0 Å². The van der Waals surface area contributed by atoms with Gasteiger partial charge in [0.25, 0.3) is 0 Å². The number of hydrogen-bond acceptors (Lipinski definition) is 5. The minimum Gasteiger partial charge on any atom is -0.495 e. The van der Waals surface area contributed by atoms with E-state index in [1.165, 1.54) is 19.2 Å². The molecule has 0 aliphatic rings. The maximum atomic E-state index is 12.6. The van der Waals surface area contributed by atoms with E-state index in [0.717, 1.165) is 32.1 Å². The topological polar surface area (TPSA) is 95.9 Å². The van der Waals surface area contributed by atoms with Gasteiger partial charge in [0.05, 0.1) is 12.7 Å². The Morgan fingerprint density at radius 1 is 1.32 bits per heavy atom. The highest BCUT2D eigenvalue weighted by atomic mass is 32.2. The van der Waals surface area contributed by atoms with Crippen molar-refractivity contribution < 1.29 is 23.1 Å². The third-order valence-corrected chi connectivity index (χ3v) is 5.67. The molecule has 0 aliphatic heterocycles. The van der Waals surface area contributed by atoms with Crippen molar-refractivity contribution in [3.8, 4) is 5.75 Å². The van der Waals surface area contributed by atoms with Gasteiger partial charge in [0.1, 0.15) is 10.6 Å². The maximum absolute atomic E-state index is 12.6. The van der Waals surface area contributed by atoms with Crippen molar-refractivity contribution in [3.05, 3.63) is 23.8 Å². The average molecular weight is 372 g/mol. The molecule has 25 heavy (non-hydrogen) atoms. The largest absolute Gasteiger partial charge is 0.495 e. The van der Waals surface area contributed by atoms with Crippen LogP contribution >= 0.6 is 0 Å². The van der Waals surface area contributed by atoms with Crippen LogP contribution in [0, 0.1) is 0 Å². The monoisotopic (exact) mass is 372 g/mol. The van der Waals surface area contributed by atoms with E-state index in [4.69, 9.17) is 9.84 Å². The first-order valence-electron chi connectivity index (χ1n) is 8.41. The molecule has 0 saturated heterocycles. The van der Waals surface area contributed by atoms with Gasteiger partial charge < -0.3 is 14.7 Å². The number of carboxylic acids is 1. The van der Waals surface area contributed by atoms with Crippen molar-refractivity contribution in [2.24, 2.45) is 0 Å². The Morgan fingerprint density at radius 3 is 2.48 bits per heavy atom. The number of ether oxygens (including phenoxy) is 1. The number of rotatable bonds is 11. The fourth-order valence-corrected chi connectivity index (χ4v) is 4.04. The lowest BCUT2D eigenvalue weighted by Gasteiger charge is -2.20. The second kappa shape index (κ2) is 9.74. The molecule has 2 N–H and O–H groups in total. The Hall–Kier alpha value is -1.64. The zero-order valence-corrected chi connectivity index (χ0v) is 16.1. The summed E-state index contributed by atoms with van der Waals surface area (Å²) >= 11 is 0. The second-order valence-corrected chi connectivity index (χ2v) is 7.54. The van der Waals surface area contributed by atoms with E-state index in [1.54, 1.807) is 6.92 Å². The summed E-state index contributed by atoms with van der Waals surface area (Å²) in [6.45, 7) is 8.84. The molecule has 1 rings (SSSR count). The van der Waals surface area contributed by atoms with Gasteiger partial charge in [-0.25, -0.2) is 17.9 Å². The van der Waals surface area contributed by atoms with Gasteiger partial charge in [0.15, 0.2) is 0 Å². The minimum absolute atomic E-state index is 0.102. The van der Waals surface area contributed by atoms with Gasteiger partial charge in [-0.05, 0) is 57.6 Å². The maximum Gasteiger partial charge on any atom is 0.335 e.